The van der Waals surface area contributed by atoms with Crippen LogP contribution >= 0.6 is 34.7 Å². The number of rotatable bonds is 7. The number of thioether (sulfide) groups is 1. The van der Waals surface area contributed by atoms with Gasteiger partial charge in [-0.15, -0.1) is 11.3 Å². The topological polar surface area (TPSA) is 73.2 Å². The maximum Gasteiger partial charge on any atom is 0.267 e. The van der Waals surface area contributed by atoms with Crippen molar-refractivity contribution in [2.75, 3.05) is 17.7 Å². The number of halogens is 1. The highest BCUT2D eigenvalue weighted by Gasteiger charge is 2.23. The quantitative estimate of drug-likeness (QED) is 0.233. The monoisotopic (exact) mass is 525 g/mol. The molecule has 0 spiro atoms. The first-order valence-corrected chi connectivity index (χ1v) is 13.7. The average molecular weight is 526 g/mol. The number of nitrogens with one attached hydrogen (secondary N) is 1. The molecular formula is C26H24ClN3O3S2. The summed E-state index contributed by atoms with van der Waals surface area (Å²) in [5, 5.41) is 4.68. The molecule has 0 saturated heterocycles. The Labute approximate surface area is 216 Å². The minimum absolute atomic E-state index is 0.0841. The van der Waals surface area contributed by atoms with Gasteiger partial charge in [0.25, 0.3) is 5.56 Å². The third-order valence-corrected chi connectivity index (χ3v) is 8.20. The van der Waals surface area contributed by atoms with Crippen molar-refractivity contribution in [2.24, 2.45) is 0 Å². The minimum Gasteiger partial charge on any atom is -0.494 e. The van der Waals surface area contributed by atoms with Crippen LogP contribution in [0, 0.1) is 0 Å². The number of benzene rings is 2. The van der Waals surface area contributed by atoms with Gasteiger partial charge in [-0.3, -0.25) is 14.2 Å². The number of thiophene rings is 1. The lowest BCUT2D eigenvalue weighted by Gasteiger charge is -2.14. The fourth-order valence-electron chi connectivity index (χ4n) is 4.23. The van der Waals surface area contributed by atoms with E-state index in [0.717, 1.165) is 41.8 Å². The Kier molecular flexibility index (Phi) is 7.13. The number of hydrogen-bond acceptors (Lipinski definition) is 6. The molecule has 9 heteroatoms. The van der Waals surface area contributed by atoms with Crippen molar-refractivity contribution in [3.63, 3.8) is 0 Å². The van der Waals surface area contributed by atoms with E-state index in [2.05, 4.69) is 5.32 Å². The molecule has 0 radical (unpaired) electrons. The number of aryl methyl sites for hydroxylation is 2. The highest BCUT2D eigenvalue weighted by molar-refractivity contribution is 7.99. The molecule has 2 heterocycles. The molecule has 2 aromatic heterocycles. The Morgan fingerprint density at radius 2 is 1.89 bits per heavy atom. The number of hydrogen-bond donors (Lipinski definition) is 1. The van der Waals surface area contributed by atoms with Gasteiger partial charge in [0, 0.05) is 15.6 Å². The standard InChI is InChI=1S/C26H24ClN3O3S2/c1-2-33-19-13-11-18(12-14-19)30-25(32)23-20-5-3-4-6-21(20)35-24(23)29-26(30)34-15-22(31)28-17-9-7-16(27)8-10-17/h7-14H,2-6,15H2,1H3,(H,28,31). The summed E-state index contributed by atoms with van der Waals surface area (Å²) in [6, 6.07) is 14.4. The molecule has 0 unspecified atom stereocenters. The van der Waals surface area contributed by atoms with Gasteiger partial charge in [-0.05, 0) is 86.7 Å². The predicted octanol–water partition coefficient (Wildman–Crippen LogP) is 6.11. The van der Waals surface area contributed by atoms with E-state index in [4.69, 9.17) is 21.3 Å². The molecule has 35 heavy (non-hydrogen) atoms. The summed E-state index contributed by atoms with van der Waals surface area (Å²) >= 11 is 8.79. The summed E-state index contributed by atoms with van der Waals surface area (Å²) in [5.74, 6) is 0.668. The molecule has 180 valence electrons. The van der Waals surface area contributed by atoms with Gasteiger partial charge in [0.1, 0.15) is 10.6 Å². The van der Waals surface area contributed by atoms with E-state index >= 15 is 0 Å². The van der Waals surface area contributed by atoms with Gasteiger partial charge >= 0.3 is 0 Å². The van der Waals surface area contributed by atoms with Crippen molar-refractivity contribution < 1.29 is 9.53 Å². The van der Waals surface area contributed by atoms with E-state index in [1.165, 1.54) is 16.6 Å². The first-order valence-electron chi connectivity index (χ1n) is 11.5. The third-order valence-electron chi connectivity index (χ3n) is 5.82. The van der Waals surface area contributed by atoms with E-state index in [-0.39, 0.29) is 17.2 Å². The number of anilines is 1. The number of nitrogens with zero attached hydrogens (tertiary/aromatic N) is 2. The Hall–Kier alpha value is -2.81. The zero-order chi connectivity index (χ0) is 24.4. The van der Waals surface area contributed by atoms with Crippen LogP contribution in [-0.2, 0) is 17.6 Å². The Bertz CT molecular complexity index is 1430. The lowest BCUT2D eigenvalue weighted by Crippen LogP contribution is -2.23. The number of ether oxygens (including phenoxy) is 1. The maximum absolute atomic E-state index is 13.8. The fourth-order valence-corrected chi connectivity index (χ4v) is 6.47. The van der Waals surface area contributed by atoms with Crippen molar-refractivity contribution in [3.8, 4) is 11.4 Å². The number of carbonyl (C=O) groups excluding carboxylic acids is 1. The smallest absolute Gasteiger partial charge is 0.267 e. The number of fused-ring (bicyclic) bond motifs is 3. The van der Waals surface area contributed by atoms with Crippen LogP contribution in [0.1, 0.15) is 30.2 Å². The molecule has 1 N–H and O–H groups in total. The van der Waals surface area contributed by atoms with E-state index < -0.39 is 0 Å². The van der Waals surface area contributed by atoms with Gasteiger partial charge < -0.3 is 10.1 Å². The van der Waals surface area contributed by atoms with Gasteiger partial charge in [-0.2, -0.15) is 0 Å². The molecule has 0 saturated carbocycles. The Morgan fingerprint density at radius 1 is 1.14 bits per heavy atom. The van der Waals surface area contributed by atoms with Crippen LogP contribution in [0.5, 0.6) is 5.75 Å². The Morgan fingerprint density at radius 3 is 2.63 bits per heavy atom. The lowest BCUT2D eigenvalue weighted by molar-refractivity contribution is -0.113. The average Bonchev–Trinajstić information content (AvgIpc) is 3.24. The van der Waals surface area contributed by atoms with Crippen LogP contribution in [0.3, 0.4) is 0 Å². The summed E-state index contributed by atoms with van der Waals surface area (Å²) in [5.41, 5.74) is 2.42. The van der Waals surface area contributed by atoms with Gasteiger partial charge in [-0.1, -0.05) is 23.4 Å². The highest BCUT2D eigenvalue weighted by Crippen LogP contribution is 2.35. The zero-order valence-corrected chi connectivity index (χ0v) is 21.6. The normalized spacial score (nSPS) is 13.0. The molecule has 1 aliphatic rings. The molecule has 0 aliphatic heterocycles. The zero-order valence-electron chi connectivity index (χ0n) is 19.2. The predicted molar refractivity (Wildman–Crippen MR) is 144 cm³/mol. The van der Waals surface area contributed by atoms with Crippen molar-refractivity contribution >= 4 is 56.5 Å². The van der Waals surface area contributed by atoms with Crippen LogP contribution in [0.4, 0.5) is 5.69 Å². The fraction of sp³-hybridized carbons (Fsp3) is 0.269. The second-order valence-corrected chi connectivity index (χ2v) is 10.7. The minimum atomic E-state index is -0.185. The molecule has 2 aromatic carbocycles. The number of carbonyl (C=O) groups is 1. The van der Waals surface area contributed by atoms with E-state index in [1.807, 2.05) is 31.2 Å². The molecule has 5 rings (SSSR count). The van der Waals surface area contributed by atoms with Gasteiger partial charge in [-0.25, -0.2) is 4.98 Å². The first kappa shape index (κ1) is 23.9. The number of amides is 1. The van der Waals surface area contributed by atoms with Crippen molar-refractivity contribution in [3.05, 3.63) is 74.3 Å². The summed E-state index contributed by atoms with van der Waals surface area (Å²) < 4.78 is 7.19. The van der Waals surface area contributed by atoms with E-state index in [9.17, 15) is 9.59 Å². The summed E-state index contributed by atoms with van der Waals surface area (Å²) in [6.07, 6.45) is 4.12. The van der Waals surface area contributed by atoms with Crippen molar-refractivity contribution in [1.29, 1.82) is 0 Å². The molecule has 1 amide bonds. The largest absolute Gasteiger partial charge is 0.494 e. The summed E-state index contributed by atoms with van der Waals surface area (Å²) in [7, 11) is 0. The second-order valence-electron chi connectivity index (χ2n) is 8.20. The second kappa shape index (κ2) is 10.4. The summed E-state index contributed by atoms with van der Waals surface area (Å²) in [4.78, 5) is 33.4. The third kappa shape index (κ3) is 5.10. The molecule has 0 bridgehead atoms. The highest BCUT2D eigenvalue weighted by atomic mass is 35.5. The number of aromatic nitrogens is 2. The molecular weight excluding hydrogens is 502 g/mol. The van der Waals surface area contributed by atoms with Gasteiger partial charge in [0.2, 0.25) is 5.91 Å². The van der Waals surface area contributed by atoms with Crippen LogP contribution < -0.4 is 15.6 Å². The lowest BCUT2D eigenvalue weighted by atomic mass is 9.97. The van der Waals surface area contributed by atoms with Gasteiger partial charge in [0.15, 0.2) is 5.16 Å². The molecule has 0 fully saturated rings. The van der Waals surface area contributed by atoms with Crippen LogP contribution in [-0.4, -0.2) is 27.8 Å². The molecule has 1 aliphatic carbocycles. The van der Waals surface area contributed by atoms with E-state index in [0.29, 0.717) is 33.5 Å². The SMILES string of the molecule is CCOc1ccc(-n2c(SCC(=O)Nc3ccc(Cl)cc3)nc3sc4c(c3c2=O)CCCC4)cc1. The van der Waals surface area contributed by atoms with Gasteiger partial charge in [0.05, 0.1) is 23.4 Å². The van der Waals surface area contributed by atoms with E-state index in [1.54, 1.807) is 40.2 Å². The Balaban J connectivity index is 1.50. The maximum atomic E-state index is 13.8. The molecule has 6 nitrogen and oxygen atoms in total. The van der Waals surface area contributed by atoms with Crippen LogP contribution in [0.2, 0.25) is 5.02 Å². The molecule has 0 atom stereocenters. The van der Waals surface area contributed by atoms with Crippen molar-refractivity contribution in [1.82, 2.24) is 9.55 Å². The first-order chi connectivity index (χ1) is 17.0. The molecule has 4 aromatic rings. The summed E-state index contributed by atoms with van der Waals surface area (Å²) in [6.45, 7) is 2.50. The van der Waals surface area contributed by atoms with Crippen LogP contribution in [0.15, 0.2) is 58.5 Å². The van der Waals surface area contributed by atoms with Crippen molar-refractivity contribution in [2.45, 2.75) is 37.8 Å². The van der Waals surface area contributed by atoms with Crippen LogP contribution in [0.25, 0.3) is 15.9 Å².